The fourth-order valence-corrected chi connectivity index (χ4v) is 7.26. The Morgan fingerprint density at radius 2 is 1.14 bits per heavy atom. The molecule has 2 saturated carbocycles. The maximum absolute atomic E-state index is 13.9. The Morgan fingerprint density at radius 1 is 0.627 bits per heavy atom. The molecule has 0 bridgehead atoms. The number of ether oxygens (including phenoxy) is 2. The maximum atomic E-state index is 13.9. The summed E-state index contributed by atoms with van der Waals surface area (Å²) in [4.78, 5) is 51.1. The monoisotopic (exact) mass is 798 g/mol. The van der Waals surface area contributed by atoms with Gasteiger partial charge in [0.05, 0.1) is 48.8 Å². The minimum Gasteiger partial charge on any atom is -0.489 e. The molecule has 2 N–H and O–H groups in total. The van der Waals surface area contributed by atoms with Crippen LogP contribution in [0.3, 0.4) is 0 Å². The lowest BCUT2D eigenvalue weighted by Crippen LogP contribution is -2.27. The summed E-state index contributed by atoms with van der Waals surface area (Å²) in [5.74, 6) is 1.72. The number of amides is 2. The predicted molar refractivity (Wildman–Crippen MR) is 217 cm³/mol. The first-order valence-corrected chi connectivity index (χ1v) is 19.2. The average molecular weight is 799 g/mol. The lowest BCUT2D eigenvalue weighted by Gasteiger charge is -2.19. The first-order valence-electron chi connectivity index (χ1n) is 19.2. The molecular formula is C45H44F2N8O4. The maximum Gasteiger partial charge on any atom is 0.229 e. The number of benzene rings is 2. The normalized spacial score (nSPS) is 20.1. The van der Waals surface area contributed by atoms with Crippen LogP contribution in [0.4, 0.5) is 20.4 Å². The number of hydrogen-bond donors (Lipinski definition) is 2. The molecule has 0 spiro atoms. The molecule has 4 heterocycles. The Labute approximate surface area is 340 Å². The molecule has 4 aromatic heterocycles. The van der Waals surface area contributed by atoms with Crippen LogP contribution in [0.1, 0.15) is 52.6 Å². The van der Waals surface area contributed by atoms with Crippen molar-refractivity contribution >= 4 is 23.5 Å². The second-order valence-corrected chi connectivity index (χ2v) is 15.1. The van der Waals surface area contributed by atoms with E-state index in [1.54, 1.807) is 61.2 Å². The molecule has 14 heteroatoms. The van der Waals surface area contributed by atoms with E-state index in [0.717, 1.165) is 28.1 Å². The molecule has 2 aliphatic rings. The smallest absolute Gasteiger partial charge is 0.229 e. The van der Waals surface area contributed by atoms with Crippen LogP contribution in [0.2, 0.25) is 0 Å². The van der Waals surface area contributed by atoms with Gasteiger partial charge in [-0.2, -0.15) is 0 Å². The van der Waals surface area contributed by atoms with Crippen LogP contribution in [0, 0.1) is 58.1 Å². The number of halogens is 2. The highest BCUT2D eigenvalue weighted by Gasteiger charge is 2.61. The summed E-state index contributed by atoms with van der Waals surface area (Å²) >= 11 is 0. The highest BCUT2D eigenvalue weighted by molar-refractivity contribution is 5.96. The molecule has 4 atom stereocenters. The standard InChI is InChI=1S/C23H23FN4O2.C22H21FN4O2/c1-14-7-8-21(26-11-14)28-22(29)19-10-23(19,17-5-4-6-18(24)9-17)13-30-20-12-25-16(3)27-15(20)2;1-14-19(12-25-15(2)26-14)29-13-22(16-6-5-7-17(23)10-16)11-18(22)21(28)27-20-8-3-4-9-24-20/h4-9,11-12,19H,10,13H2,1-3H3,(H,26,28,29);3-10,12,18H,11,13H2,1-2H3,(H,24,27,28)/t19-,23+;18-,22+/m00/s1. The van der Waals surface area contributed by atoms with Crippen molar-refractivity contribution in [2.45, 2.75) is 58.3 Å². The number of aromatic nitrogens is 6. The molecule has 2 fully saturated rings. The highest BCUT2D eigenvalue weighted by atomic mass is 19.1. The molecule has 0 saturated heterocycles. The zero-order valence-corrected chi connectivity index (χ0v) is 33.4. The molecule has 59 heavy (non-hydrogen) atoms. The van der Waals surface area contributed by atoms with E-state index in [9.17, 15) is 18.4 Å². The van der Waals surface area contributed by atoms with Crippen LogP contribution in [0.15, 0.2) is 104 Å². The van der Waals surface area contributed by atoms with E-state index >= 15 is 0 Å². The first kappa shape index (κ1) is 40.5. The van der Waals surface area contributed by atoms with Crippen molar-refractivity contribution < 1.29 is 27.8 Å². The molecule has 0 unspecified atom stereocenters. The summed E-state index contributed by atoms with van der Waals surface area (Å²) in [6, 6.07) is 21.7. The van der Waals surface area contributed by atoms with Crippen LogP contribution < -0.4 is 20.1 Å². The molecule has 2 aromatic carbocycles. The van der Waals surface area contributed by atoms with Crippen molar-refractivity contribution in [1.29, 1.82) is 0 Å². The van der Waals surface area contributed by atoms with Gasteiger partial charge in [0, 0.05) is 23.2 Å². The summed E-state index contributed by atoms with van der Waals surface area (Å²) in [5, 5.41) is 5.70. The van der Waals surface area contributed by atoms with E-state index in [1.165, 1.54) is 24.3 Å². The number of nitrogens with zero attached hydrogens (tertiary/aromatic N) is 6. The Hall–Kier alpha value is -6.70. The highest BCUT2D eigenvalue weighted by Crippen LogP contribution is 2.56. The molecule has 12 nitrogen and oxygen atoms in total. The third-order valence-electron chi connectivity index (χ3n) is 10.7. The van der Waals surface area contributed by atoms with E-state index in [2.05, 4.69) is 40.5 Å². The summed E-state index contributed by atoms with van der Waals surface area (Å²) in [6.45, 7) is 9.70. The Morgan fingerprint density at radius 3 is 1.56 bits per heavy atom. The van der Waals surface area contributed by atoms with Crippen LogP contribution in [0.25, 0.3) is 0 Å². The van der Waals surface area contributed by atoms with Gasteiger partial charge in [0.15, 0.2) is 11.5 Å². The van der Waals surface area contributed by atoms with Gasteiger partial charge in [0.25, 0.3) is 0 Å². The lowest BCUT2D eigenvalue weighted by atomic mass is 9.93. The molecular weight excluding hydrogens is 755 g/mol. The van der Waals surface area contributed by atoms with Gasteiger partial charge < -0.3 is 20.1 Å². The molecule has 2 aliphatic carbocycles. The van der Waals surface area contributed by atoms with Gasteiger partial charge in [-0.25, -0.2) is 38.7 Å². The molecule has 2 amide bonds. The van der Waals surface area contributed by atoms with Crippen LogP contribution >= 0.6 is 0 Å². The minimum absolute atomic E-state index is 0.156. The predicted octanol–water partition coefficient (Wildman–Crippen LogP) is 7.51. The van der Waals surface area contributed by atoms with E-state index in [-0.39, 0.29) is 48.5 Å². The molecule has 0 aliphatic heterocycles. The summed E-state index contributed by atoms with van der Waals surface area (Å²) in [7, 11) is 0. The summed E-state index contributed by atoms with van der Waals surface area (Å²) in [5.41, 5.74) is 2.71. The van der Waals surface area contributed by atoms with Gasteiger partial charge in [-0.1, -0.05) is 36.4 Å². The average Bonchev–Trinajstić information content (AvgIpc) is 4.14. The summed E-state index contributed by atoms with van der Waals surface area (Å²) in [6.07, 6.45) is 7.69. The summed E-state index contributed by atoms with van der Waals surface area (Å²) < 4.78 is 39.9. The van der Waals surface area contributed by atoms with Gasteiger partial charge in [-0.05, 0) is 107 Å². The second kappa shape index (κ2) is 17.0. The zero-order valence-electron chi connectivity index (χ0n) is 33.4. The number of aryl methyl sites for hydroxylation is 5. The molecule has 0 radical (unpaired) electrons. The molecule has 302 valence electrons. The van der Waals surface area contributed by atoms with Crippen molar-refractivity contribution in [2.75, 3.05) is 23.8 Å². The van der Waals surface area contributed by atoms with E-state index in [0.29, 0.717) is 47.6 Å². The third-order valence-corrected chi connectivity index (χ3v) is 10.7. The van der Waals surface area contributed by atoms with Crippen LogP contribution in [-0.2, 0) is 20.4 Å². The number of pyridine rings is 2. The van der Waals surface area contributed by atoms with Crippen LogP contribution in [0.5, 0.6) is 11.5 Å². The quantitative estimate of drug-likeness (QED) is 0.127. The number of hydrogen-bond acceptors (Lipinski definition) is 10. The van der Waals surface area contributed by atoms with Crippen LogP contribution in [-0.4, -0.2) is 54.9 Å². The SMILES string of the molecule is Cc1ccc(NC(=O)[C@@H]2C[C@@]2(COc2cnc(C)nc2C)c2cccc(F)c2)nc1.Cc1ncc(OC[C@@]2(c3cccc(F)c3)C[C@H]2C(=O)Nc2ccccn2)c(C)n1. The lowest BCUT2D eigenvalue weighted by molar-refractivity contribution is -0.118. The zero-order chi connectivity index (χ0) is 41.7. The number of carbonyl (C=O) groups excluding carboxylic acids is 2. The fourth-order valence-electron chi connectivity index (χ4n) is 7.26. The first-order chi connectivity index (χ1) is 28.3. The van der Waals surface area contributed by atoms with E-state index in [1.807, 2.05) is 52.8 Å². The number of carbonyl (C=O) groups is 2. The van der Waals surface area contributed by atoms with Gasteiger partial charge in [-0.3, -0.25) is 9.59 Å². The Balaban J connectivity index is 0.000000179. The fraction of sp³-hybridized carbons (Fsp3) is 0.289. The van der Waals surface area contributed by atoms with Crippen molar-refractivity contribution in [2.24, 2.45) is 11.8 Å². The van der Waals surface area contributed by atoms with E-state index < -0.39 is 10.8 Å². The number of rotatable bonds is 12. The largest absolute Gasteiger partial charge is 0.489 e. The van der Waals surface area contributed by atoms with Crippen molar-refractivity contribution in [3.8, 4) is 11.5 Å². The van der Waals surface area contributed by atoms with Crippen molar-refractivity contribution in [1.82, 2.24) is 29.9 Å². The van der Waals surface area contributed by atoms with Gasteiger partial charge in [0.1, 0.15) is 34.9 Å². The van der Waals surface area contributed by atoms with Crippen molar-refractivity contribution in [3.63, 3.8) is 0 Å². The number of anilines is 2. The van der Waals surface area contributed by atoms with Gasteiger partial charge >= 0.3 is 0 Å². The minimum atomic E-state index is -0.617. The Bertz CT molecular complexity index is 2470. The van der Waals surface area contributed by atoms with Crippen molar-refractivity contribution in [3.05, 3.63) is 155 Å². The molecule has 6 aromatic rings. The van der Waals surface area contributed by atoms with E-state index in [4.69, 9.17) is 9.47 Å². The second-order valence-electron chi connectivity index (χ2n) is 15.1. The number of nitrogens with one attached hydrogen (secondary N) is 2. The topological polar surface area (TPSA) is 154 Å². The van der Waals surface area contributed by atoms with Gasteiger partial charge in [-0.15, -0.1) is 0 Å². The molecule has 8 rings (SSSR count). The Kier molecular flexibility index (Phi) is 11.7. The van der Waals surface area contributed by atoms with Gasteiger partial charge in [0.2, 0.25) is 11.8 Å². The third kappa shape index (κ3) is 9.38.